The lowest BCUT2D eigenvalue weighted by Gasteiger charge is -2.05. The fraction of sp³-hybridized carbons (Fsp3) is 0.444. The fourth-order valence-electron chi connectivity index (χ4n) is 0.494. The van der Waals surface area contributed by atoms with Crippen molar-refractivity contribution in [2.24, 2.45) is 0 Å². The summed E-state index contributed by atoms with van der Waals surface area (Å²) >= 11 is 0. The number of rotatable bonds is 2. The molecule has 0 aromatic heterocycles. The fourth-order valence-corrected chi connectivity index (χ4v) is 0.494. The van der Waals surface area contributed by atoms with Crippen LogP contribution >= 0.6 is 0 Å². The zero-order chi connectivity index (χ0) is 8.85. The Morgan fingerprint density at radius 2 is 2.18 bits per heavy atom. The summed E-state index contributed by atoms with van der Waals surface area (Å²) in [6.45, 7) is 8.47. The number of hydrogen-bond donors (Lipinski definition) is 0. The Bertz CT molecular complexity index is 217. The maximum absolute atomic E-state index is 10.8. The Hall–Kier alpha value is -1.23. The van der Waals surface area contributed by atoms with E-state index >= 15 is 0 Å². The average Bonchev–Trinajstić information content (AvgIpc) is 1.87. The van der Waals surface area contributed by atoms with Gasteiger partial charge >= 0.3 is 5.97 Å². The van der Waals surface area contributed by atoms with Gasteiger partial charge in [0.25, 0.3) is 0 Å². The number of carbonyl (C=O) groups is 1. The smallest absolute Gasteiger partial charge is 0.334 e. The van der Waals surface area contributed by atoms with Gasteiger partial charge < -0.3 is 4.74 Å². The molecule has 0 aliphatic rings. The second-order valence-electron chi connectivity index (χ2n) is 2.22. The zero-order valence-corrected chi connectivity index (χ0v) is 7.10. The zero-order valence-electron chi connectivity index (χ0n) is 7.10. The molecule has 0 fully saturated rings. The van der Waals surface area contributed by atoms with Crippen LogP contribution in [0.3, 0.4) is 0 Å². The third kappa shape index (κ3) is 4.21. The van der Waals surface area contributed by atoms with Gasteiger partial charge in [0.2, 0.25) is 0 Å². The molecule has 0 rings (SSSR count). The lowest BCUT2D eigenvalue weighted by atomic mass is 10.3. The van der Waals surface area contributed by atoms with Crippen molar-refractivity contribution in [2.75, 3.05) is 0 Å². The molecule has 0 amide bonds. The predicted octanol–water partition coefficient (Wildman–Crippen LogP) is 1.52. The van der Waals surface area contributed by atoms with Crippen molar-refractivity contribution in [1.82, 2.24) is 0 Å². The van der Waals surface area contributed by atoms with E-state index in [0.29, 0.717) is 5.57 Å². The molecule has 0 saturated heterocycles. The predicted molar refractivity (Wildman–Crippen MR) is 43.8 cm³/mol. The van der Waals surface area contributed by atoms with Gasteiger partial charge in [-0.25, -0.2) is 4.79 Å². The van der Waals surface area contributed by atoms with E-state index in [-0.39, 0.29) is 12.1 Å². The van der Waals surface area contributed by atoms with E-state index in [1.54, 1.807) is 20.8 Å². The first kappa shape index (κ1) is 9.77. The third-order valence-corrected chi connectivity index (χ3v) is 0.980. The van der Waals surface area contributed by atoms with Crippen LogP contribution in [-0.2, 0) is 9.53 Å². The molecule has 0 aromatic rings. The standard InChI is InChI=1S/C9H12O2/c1-5-6-8(4)11-9(10)7(2)3/h8H,2H2,1,3-4H3. The molecule has 0 heterocycles. The summed E-state index contributed by atoms with van der Waals surface area (Å²) < 4.78 is 4.84. The van der Waals surface area contributed by atoms with Gasteiger partial charge in [0.05, 0.1) is 0 Å². The molecule has 0 saturated carbocycles. The van der Waals surface area contributed by atoms with Gasteiger partial charge in [-0.2, -0.15) is 0 Å². The molecule has 0 radical (unpaired) electrons. The van der Waals surface area contributed by atoms with Crippen molar-refractivity contribution < 1.29 is 9.53 Å². The topological polar surface area (TPSA) is 26.3 Å². The normalized spacial score (nSPS) is 10.8. The van der Waals surface area contributed by atoms with E-state index in [9.17, 15) is 4.79 Å². The maximum Gasteiger partial charge on any atom is 0.334 e. The Kier molecular flexibility index (Phi) is 4.05. The van der Waals surface area contributed by atoms with Gasteiger partial charge in [-0.05, 0) is 20.8 Å². The molecule has 0 N–H and O–H groups in total. The van der Waals surface area contributed by atoms with Crippen LogP contribution in [0.25, 0.3) is 0 Å². The van der Waals surface area contributed by atoms with Gasteiger partial charge in [0.15, 0.2) is 6.10 Å². The molecule has 1 atom stereocenters. The van der Waals surface area contributed by atoms with Crippen LogP contribution in [0.2, 0.25) is 0 Å². The molecule has 0 aliphatic heterocycles. The van der Waals surface area contributed by atoms with Crippen LogP contribution in [0.15, 0.2) is 12.2 Å². The van der Waals surface area contributed by atoms with Gasteiger partial charge in [-0.3, -0.25) is 0 Å². The van der Waals surface area contributed by atoms with E-state index in [1.165, 1.54) is 0 Å². The minimum absolute atomic E-state index is 0.343. The highest BCUT2D eigenvalue weighted by molar-refractivity contribution is 5.87. The molecular formula is C9H12O2. The molecule has 0 aromatic carbocycles. The Morgan fingerprint density at radius 3 is 2.55 bits per heavy atom. The molecule has 2 heteroatoms. The Balaban J connectivity index is 3.92. The second kappa shape index (κ2) is 4.56. The van der Waals surface area contributed by atoms with Gasteiger partial charge in [0.1, 0.15) is 0 Å². The highest BCUT2D eigenvalue weighted by Gasteiger charge is 2.05. The van der Waals surface area contributed by atoms with Crippen LogP contribution in [-0.4, -0.2) is 12.1 Å². The van der Waals surface area contributed by atoms with Crippen LogP contribution in [0, 0.1) is 11.8 Å². The number of ether oxygens (including phenoxy) is 1. The minimum atomic E-state index is -0.389. The van der Waals surface area contributed by atoms with Crippen LogP contribution in [0.5, 0.6) is 0 Å². The summed E-state index contributed by atoms with van der Waals surface area (Å²) in [5.74, 6) is 4.96. The highest BCUT2D eigenvalue weighted by atomic mass is 16.5. The lowest BCUT2D eigenvalue weighted by molar-refractivity contribution is -0.140. The quantitative estimate of drug-likeness (QED) is 0.340. The molecule has 0 bridgehead atoms. The molecule has 0 aliphatic carbocycles. The van der Waals surface area contributed by atoms with Crippen molar-refractivity contribution in [2.45, 2.75) is 26.9 Å². The maximum atomic E-state index is 10.8. The summed E-state index contributed by atoms with van der Waals surface area (Å²) in [6.07, 6.45) is -0.343. The van der Waals surface area contributed by atoms with E-state index < -0.39 is 0 Å². The summed E-state index contributed by atoms with van der Waals surface area (Å²) in [5.41, 5.74) is 0.398. The van der Waals surface area contributed by atoms with E-state index in [0.717, 1.165) is 0 Å². The van der Waals surface area contributed by atoms with Crippen molar-refractivity contribution >= 4 is 5.97 Å². The van der Waals surface area contributed by atoms with E-state index in [1.807, 2.05) is 0 Å². The summed E-state index contributed by atoms with van der Waals surface area (Å²) in [7, 11) is 0. The van der Waals surface area contributed by atoms with Gasteiger partial charge in [-0.15, -0.1) is 5.92 Å². The Labute approximate surface area is 67.2 Å². The van der Waals surface area contributed by atoms with Gasteiger partial charge in [0, 0.05) is 5.57 Å². The van der Waals surface area contributed by atoms with Crippen LogP contribution < -0.4 is 0 Å². The summed E-state index contributed by atoms with van der Waals surface area (Å²) in [5, 5.41) is 0. The van der Waals surface area contributed by atoms with E-state index in [4.69, 9.17) is 4.74 Å². The molecule has 0 spiro atoms. The highest BCUT2D eigenvalue weighted by Crippen LogP contribution is 1.96. The number of carbonyl (C=O) groups excluding carboxylic acids is 1. The monoisotopic (exact) mass is 152 g/mol. The molecular weight excluding hydrogens is 140 g/mol. The molecule has 11 heavy (non-hydrogen) atoms. The summed E-state index contributed by atoms with van der Waals surface area (Å²) in [6, 6.07) is 0. The molecule has 2 nitrogen and oxygen atoms in total. The van der Waals surface area contributed by atoms with Crippen molar-refractivity contribution in [3.05, 3.63) is 12.2 Å². The largest absolute Gasteiger partial charge is 0.446 e. The first-order valence-electron chi connectivity index (χ1n) is 3.36. The number of hydrogen-bond acceptors (Lipinski definition) is 2. The Morgan fingerprint density at radius 1 is 1.64 bits per heavy atom. The van der Waals surface area contributed by atoms with Crippen LogP contribution in [0.4, 0.5) is 0 Å². The lowest BCUT2D eigenvalue weighted by Crippen LogP contribution is -2.13. The van der Waals surface area contributed by atoms with E-state index in [2.05, 4.69) is 18.4 Å². The SMILES string of the molecule is C=C(C)C(=O)OC(C)C#CC. The summed E-state index contributed by atoms with van der Waals surface area (Å²) in [4.78, 5) is 10.8. The first-order valence-corrected chi connectivity index (χ1v) is 3.36. The second-order valence-corrected chi connectivity index (χ2v) is 2.22. The van der Waals surface area contributed by atoms with Crippen molar-refractivity contribution in [3.63, 3.8) is 0 Å². The molecule has 1 unspecified atom stereocenters. The van der Waals surface area contributed by atoms with Gasteiger partial charge in [-0.1, -0.05) is 12.5 Å². The number of esters is 1. The molecule has 60 valence electrons. The van der Waals surface area contributed by atoms with Crippen LogP contribution in [0.1, 0.15) is 20.8 Å². The van der Waals surface area contributed by atoms with Crippen molar-refractivity contribution in [1.29, 1.82) is 0 Å². The average molecular weight is 152 g/mol. The minimum Gasteiger partial charge on any atom is -0.446 e. The first-order chi connectivity index (χ1) is 5.07. The van der Waals surface area contributed by atoms with Crippen molar-refractivity contribution in [3.8, 4) is 11.8 Å². The third-order valence-electron chi connectivity index (χ3n) is 0.980.